The Hall–Kier alpha value is -2.66. The van der Waals surface area contributed by atoms with Gasteiger partial charge in [-0.2, -0.15) is 0 Å². The first-order valence-corrected chi connectivity index (χ1v) is 24.5. The maximum atomic E-state index is 12.8. The minimum atomic E-state index is -0.559. The van der Waals surface area contributed by atoms with E-state index in [0.29, 0.717) is 19.4 Å². The van der Waals surface area contributed by atoms with Crippen molar-refractivity contribution in [1.29, 1.82) is 0 Å². The number of unbranched alkanes of at least 4 members (excludes halogenated alkanes) is 21. The van der Waals surface area contributed by atoms with Crippen LogP contribution in [-0.2, 0) is 23.8 Å². The van der Waals surface area contributed by atoms with Crippen LogP contribution in [0.4, 0.5) is 0 Å². The minimum absolute atomic E-state index is 0.0599. The molecule has 0 aromatic carbocycles. The maximum Gasteiger partial charge on any atom is 0.306 e. The molecule has 0 rings (SSSR count). The molecule has 0 N–H and O–H groups in total. The number of carbonyl (C=O) groups excluding carboxylic acids is 2. The number of esters is 2. The van der Waals surface area contributed by atoms with Crippen LogP contribution in [0.3, 0.4) is 0 Å². The lowest BCUT2D eigenvalue weighted by atomic mass is 10.1. The second kappa shape index (κ2) is 48.7. The van der Waals surface area contributed by atoms with Gasteiger partial charge in [0.2, 0.25) is 0 Å². The lowest BCUT2D eigenvalue weighted by molar-refractivity contribution is -0.163. The van der Waals surface area contributed by atoms with E-state index in [2.05, 4.69) is 93.7 Å². The second-order valence-corrected chi connectivity index (χ2v) is 16.0. The maximum absolute atomic E-state index is 12.8. The van der Waals surface area contributed by atoms with Gasteiger partial charge in [-0.25, -0.2) is 0 Å². The first kappa shape index (κ1) is 55.3. The number of allylic oxidation sites excluding steroid dienone is 12. The number of hydrogen-bond acceptors (Lipinski definition) is 5. The van der Waals surface area contributed by atoms with Crippen LogP contribution in [0.25, 0.3) is 0 Å². The Morgan fingerprint density at radius 1 is 0.397 bits per heavy atom. The van der Waals surface area contributed by atoms with Crippen molar-refractivity contribution in [2.45, 2.75) is 232 Å². The van der Waals surface area contributed by atoms with Crippen LogP contribution in [0.15, 0.2) is 72.9 Å². The van der Waals surface area contributed by atoms with E-state index in [-0.39, 0.29) is 25.2 Å². The summed E-state index contributed by atoms with van der Waals surface area (Å²) >= 11 is 0. The quantitative estimate of drug-likeness (QED) is 0.0348. The normalized spacial score (nSPS) is 12.8. The Labute approximate surface area is 359 Å². The fraction of sp³-hybridized carbons (Fsp3) is 0.736. The largest absolute Gasteiger partial charge is 0.462 e. The average molecular weight is 809 g/mol. The van der Waals surface area contributed by atoms with Crippen LogP contribution < -0.4 is 0 Å². The van der Waals surface area contributed by atoms with Gasteiger partial charge in [-0.15, -0.1) is 0 Å². The van der Waals surface area contributed by atoms with Gasteiger partial charge in [0.1, 0.15) is 6.61 Å². The number of ether oxygens (including phenoxy) is 3. The van der Waals surface area contributed by atoms with Crippen molar-refractivity contribution in [2.75, 3.05) is 19.8 Å². The summed E-state index contributed by atoms with van der Waals surface area (Å²) < 4.78 is 17.3. The predicted molar refractivity (Wildman–Crippen MR) is 251 cm³/mol. The van der Waals surface area contributed by atoms with Crippen LogP contribution in [0.5, 0.6) is 0 Å². The zero-order valence-corrected chi connectivity index (χ0v) is 38.3. The van der Waals surface area contributed by atoms with Crippen LogP contribution in [0, 0.1) is 0 Å². The Balaban J connectivity index is 4.33. The Morgan fingerprint density at radius 3 is 1.34 bits per heavy atom. The molecule has 0 saturated carbocycles. The van der Waals surface area contributed by atoms with Gasteiger partial charge in [0.05, 0.1) is 6.61 Å². The van der Waals surface area contributed by atoms with Crippen molar-refractivity contribution in [3.63, 3.8) is 0 Å². The molecule has 58 heavy (non-hydrogen) atoms. The summed E-state index contributed by atoms with van der Waals surface area (Å²) in [5.74, 6) is -0.451. The molecule has 0 aliphatic carbocycles. The molecule has 1 atom stereocenters. The number of carbonyl (C=O) groups is 2. The molecule has 0 radical (unpaired) electrons. The Morgan fingerprint density at radius 2 is 0.810 bits per heavy atom. The Kier molecular flexibility index (Phi) is 46.5. The fourth-order valence-electron chi connectivity index (χ4n) is 6.56. The third kappa shape index (κ3) is 46.0. The highest BCUT2D eigenvalue weighted by molar-refractivity contribution is 5.70. The molecule has 0 aromatic heterocycles. The summed E-state index contributed by atoms with van der Waals surface area (Å²) in [5.41, 5.74) is 0. The Bertz CT molecular complexity index is 1050. The molecule has 0 spiro atoms. The first-order valence-electron chi connectivity index (χ1n) is 24.5. The molecule has 5 heteroatoms. The average Bonchev–Trinajstić information content (AvgIpc) is 3.22. The molecule has 0 aliphatic heterocycles. The molecule has 1 unspecified atom stereocenters. The summed E-state index contributed by atoms with van der Waals surface area (Å²) in [6.45, 7) is 7.59. The highest BCUT2D eigenvalue weighted by Gasteiger charge is 2.17. The predicted octanol–water partition coefficient (Wildman–Crippen LogP) is 16.3. The molecular weight excluding hydrogens is 717 g/mol. The molecule has 0 heterocycles. The smallest absolute Gasteiger partial charge is 0.306 e. The van der Waals surface area contributed by atoms with Crippen LogP contribution >= 0.6 is 0 Å². The van der Waals surface area contributed by atoms with E-state index in [1.807, 2.05) is 0 Å². The SMILES string of the molecule is CC/C=C\C/C=C\C/C=C\CCCCCC(=O)OCC(COCCCCCCCC/C=C\CCCCCCCC)OC(=O)CCCCCCC/C=C\C/C=C\CCC. The highest BCUT2D eigenvalue weighted by Crippen LogP contribution is 2.13. The third-order valence-electron chi connectivity index (χ3n) is 10.2. The zero-order valence-electron chi connectivity index (χ0n) is 38.3. The summed E-state index contributed by atoms with van der Waals surface area (Å²) in [4.78, 5) is 25.3. The monoisotopic (exact) mass is 809 g/mol. The first-order chi connectivity index (χ1) is 28.6. The van der Waals surface area contributed by atoms with E-state index in [4.69, 9.17) is 14.2 Å². The van der Waals surface area contributed by atoms with Crippen molar-refractivity contribution in [3.8, 4) is 0 Å². The molecule has 0 fully saturated rings. The van der Waals surface area contributed by atoms with Crippen LogP contribution in [0.2, 0.25) is 0 Å². The van der Waals surface area contributed by atoms with E-state index >= 15 is 0 Å². The van der Waals surface area contributed by atoms with Crippen molar-refractivity contribution < 1.29 is 23.8 Å². The molecule has 0 saturated heterocycles. The minimum Gasteiger partial charge on any atom is -0.462 e. The van der Waals surface area contributed by atoms with Crippen molar-refractivity contribution in [3.05, 3.63) is 72.9 Å². The summed E-state index contributed by atoms with van der Waals surface area (Å²) in [6, 6.07) is 0. The molecule has 0 amide bonds. The fourth-order valence-corrected chi connectivity index (χ4v) is 6.56. The highest BCUT2D eigenvalue weighted by atomic mass is 16.6. The van der Waals surface area contributed by atoms with E-state index in [1.54, 1.807) is 0 Å². The molecule has 5 nitrogen and oxygen atoms in total. The lowest BCUT2D eigenvalue weighted by Crippen LogP contribution is -2.30. The zero-order chi connectivity index (χ0) is 42.1. The van der Waals surface area contributed by atoms with Gasteiger partial charge in [-0.05, 0) is 103 Å². The van der Waals surface area contributed by atoms with Crippen molar-refractivity contribution in [1.82, 2.24) is 0 Å². The molecular formula is C53H92O5. The molecule has 0 aliphatic rings. The second-order valence-electron chi connectivity index (χ2n) is 16.0. The van der Waals surface area contributed by atoms with E-state index < -0.39 is 6.10 Å². The van der Waals surface area contributed by atoms with Crippen LogP contribution in [-0.4, -0.2) is 37.9 Å². The lowest BCUT2D eigenvalue weighted by Gasteiger charge is -2.18. The summed E-state index contributed by atoms with van der Waals surface area (Å²) in [6.07, 6.45) is 61.9. The van der Waals surface area contributed by atoms with E-state index in [9.17, 15) is 9.59 Å². The third-order valence-corrected chi connectivity index (χ3v) is 10.2. The van der Waals surface area contributed by atoms with E-state index in [1.165, 1.54) is 96.3 Å². The molecule has 0 aromatic rings. The van der Waals surface area contributed by atoms with E-state index in [0.717, 1.165) is 96.3 Å². The topological polar surface area (TPSA) is 61.8 Å². The van der Waals surface area contributed by atoms with Crippen LogP contribution in [0.1, 0.15) is 226 Å². The van der Waals surface area contributed by atoms with Gasteiger partial charge in [0.15, 0.2) is 6.10 Å². The van der Waals surface area contributed by atoms with Gasteiger partial charge in [0.25, 0.3) is 0 Å². The number of rotatable bonds is 44. The molecule has 0 bridgehead atoms. The van der Waals surface area contributed by atoms with Crippen molar-refractivity contribution in [2.24, 2.45) is 0 Å². The summed E-state index contributed by atoms with van der Waals surface area (Å²) in [5, 5.41) is 0. The number of hydrogen-bond donors (Lipinski definition) is 0. The van der Waals surface area contributed by atoms with Crippen molar-refractivity contribution >= 4 is 11.9 Å². The van der Waals surface area contributed by atoms with Gasteiger partial charge < -0.3 is 14.2 Å². The van der Waals surface area contributed by atoms with Gasteiger partial charge in [-0.1, -0.05) is 184 Å². The standard InChI is InChI=1S/C53H92O5/c1-4-7-10-13-16-19-22-25-26-27-30-33-36-39-42-45-48-56-49-51(58-53(55)47-44-41-38-35-32-29-24-21-18-15-12-9-6-3)50-57-52(54)46-43-40-37-34-31-28-23-20-17-14-11-8-5-2/h8,11-12,15,17,20-21,24-26,28,31,51H,4-7,9-10,13-14,16,18-19,22-23,27,29-30,32-50H2,1-3H3/b11-8-,15-12-,20-17-,24-21-,26-25-,31-28-. The van der Waals surface area contributed by atoms with Gasteiger partial charge in [-0.3, -0.25) is 9.59 Å². The summed E-state index contributed by atoms with van der Waals surface area (Å²) in [7, 11) is 0. The molecule has 334 valence electrons. The van der Waals surface area contributed by atoms with Gasteiger partial charge >= 0.3 is 11.9 Å². The van der Waals surface area contributed by atoms with Gasteiger partial charge in [0, 0.05) is 19.4 Å².